The van der Waals surface area contributed by atoms with Gasteiger partial charge in [-0.15, -0.1) is 0 Å². The third-order valence-electron chi connectivity index (χ3n) is 9.09. The van der Waals surface area contributed by atoms with E-state index >= 15 is 0 Å². The van der Waals surface area contributed by atoms with Crippen molar-refractivity contribution in [1.29, 1.82) is 0 Å². The van der Waals surface area contributed by atoms with Crippen molar-refractivity contribution < 1.29 is 9.47 Å². The van der Waals surface area contributed by atoms with Crippen molar-refractivity contribution in [2.75, 3.05) is 13.2 Å². The lowest BCUT2D eigenvalue weighted by atomic mass is 9.66. The van der Waals surface area contributed by atoms with E-state index in [9.17, 15) is 0 Å². The van der Waals surface area contributed by atoms with Gasteiger partial charge in [0.1, 0.15) is 5.75 Å². The first-order chi connectivity index (χ1) is 15.6. The third kappa shape index (κ3) is 3.47. The summed E-state index contributed by atoms with van der Waals surface area (Å²) in [5, 5.41) is 3.92. The molecule has 0 amide bonds. The summed E-state index contributed by atoms with van der Waals surface area (Å²) in [5.41, 5.74) is 3.07. The lowest BCUT2D eigenvalue weighted by Crippen LogP contribution is -2.46. The number of nitrogens with one attached hydrogen (secondary N) is 1. The summed E-state index contributed by atoms with van der Waals surface area (Å²) in [5.74, 6) is 1.61. The third-order valence-corrected chi connectivity index (χ3v) is 9.09. The molecule has 2 unspecified atom stereocenters. The minimum atomic E-state index is 0.0930. The lowest BCUT2D eigenvalue weighted by molar-refractivity contribution is -0.104. The summed E-state index contributed by atoms with van der Waals surface area (Å²) in [6.07, 6.45) is 12.8. The van der Waals surface area contributed by atoms with Gasteiger partial charge in [0.05, 0.1) is 12.2 Å². The maximum Gasteiger partial charge on any atom is 0.122 e. The highest BCUT2D eigenvalue weighted by molar-refractivity contribution is 5.42. The molecule has 1 spiro atoms. The SMILES string of the molecule is C[C@]1(C2CCOc3ccccc32)NC1CC[C@@]1(c2ccccn2)CCOC2(CCCC2)C1. The van der Waals surface area contributed by atoms with E-state index in [-0.39, 0.29) is 16.6 Å². The minimum Gasteiger partial charge on any atom is -0.493 e. The van der Waals surface area contributed by atoms with Crippen LogP contribution < -0.4 is 10.1 Å². The van der Waals surface area contributed by atoms with Crippen LogP contribution in [0, 0.1) is 0 Å². The predicted octanol–water partition coefficient (Wildman–Crippen LogP) is 5.52. The fourth-order valence-corrected chi connectivity index (χ4v) is 7.23. The number of fused-ring (bicyclic) bond motifs is 1. The largest absolute Gasteiger partial charge is 0.493 e. The number of para-hydroxylation sites is 1. The number of ether oxygens (including phenoxy) is 2. The van der Waals surface area contributed by atoms with E-state index in [2.05, 4.69) is 48.6 Å². The number of nitrogens with zero attached hydrogens (tertiary/aromatic N) is 1. The smallest absolute Gasteiger partial charge is 0.122 e. The Morgan fingerprint density at radius 1 is 1.03 bits per heavy atom. The Hall–Kier alpha value is -1.91. The van der Waals surface area contributed by atoms with E-state index in [1.54, 1.807) is 0 Å². The van der Waals surface area contributed by atoms with Crippen molar-refractivity contribution >= 4 is 0 Å². The van der Waals surface area contributed by atoms with E-state index in [0.717, 1.165) is 38.2 Å². The summed E-state index contributed by atoms with van der Waals surface area (Å²) in [4.78, 5) is 4.89. The van der Waals surface area contributed by atoms with Crippen LogP contribution in [0.5, 0.6) is 5.75 Å². The first-order valence-corrected chi connectivity index (χ1v) is 12.7. The van der Waals surface area contributed by atoms with E-state index in [1.807, 2.05) is 12.3 Å². The molecule has 2 saturated heterocycles. The van der Waals surface area contributed by atoms with Crippen LogP contribution >= 0.6 is 0 Å². The molecule has 4 atom stereocenters. The summed E-state index contributed by atoms with van der Waals surface area (Å²) >= 11 is 0. The molecule has 1 aromatic heterocycles. The molecule has 3 aliphatic heterocycles. The first kappa shape index (κ1) is 20.7. The Labute approximate surface area is 192 Å². The maximum atomic E-state index is 6.44. The van der Waals surface area contributed by atoms with Gasteiger partial charge in [0.25, 0.3) is 0 Å². The molecule has 4 heterocycles. The highest BCUT2D eigenvalue weighted by atomic mass is 16.5. The second-order valence-electron chi connectivity index (χ2n) is 10.9. The van der Waals surface area contributed by atoms with Crippen molar-refractivity contribution in [2.24, 2.45) is 0 Å². The zero-order valence-electron chi connectivity index (χ0n) is 19.3. The molecule has 0 radical (unpaired) electrons. The molecular weight excluding hydrogens is 396 g/mol. The molecule has 1 aliphatic carbocycles. The zero-order chi connectivity index (χ0) is 21.7. The average molecular weight is 433 g/mol. The lowest BCUT2D eigenvalue weighted by Gasteiger charge is -2.46. The normalized spacial score (nSPS) is 35.3. The van der Waals surface area contributed by atoms with Gasteiger partial charge in [-0.3, -0.25) is 4.98 Å². The molecule has 2 aromatic rings. The molecule has 4 heteroatoms. The Morgan fingerprint density at radius 3 is 2.72 bits per heavy atom. The van der Waals surface area contributed by atoms with Crippen molar-refractivity contribution in [1.82, 2.24) is 10.3 Å². The van der Waals surface area contributed by atoms with Crippen LogP contribution in [0.15, 0.2) is 48.7 Å². The van der Waals surface area contributed by atoms with Crippen LogP contribution in [0.3, 0.4) is 0 Å². The van der Waals surface area contributed by atoms with Gasteiger partial charge in [0, 0.05) is 41.4 Å². The van der Waals surface area contributed by atoms with Gasteiger partial charge in [-0.1, -0.05) is 37.1 Å². The molecule has 6 rings (SSSR count). The highest BCUT2D eigenvalue weighted by Crippen LogP contribution is 2.53. The maximum absolute atomic E-state index is 6.44. The molecule has 1 aromatic carbocycles. The van der Waals surface area contributed by atoms with E-state index in [0.29, 0.717) is 12.0 Å². The van der Waals surface area contributed by atoms with Crippen LogP contribution in [0.2, 0.25) is 0 Å². The monoisotopic (exact) mass is 432 g/mol. The number of pyridine rings is 1. The molecule has 4 aliphatic rings. The predicted molar refractivity (Wildman–Crippen MR) is 126 cm³/mol. The van der Waals surface area contributed by atoms with Gasteiger partial charge in [-0.2, -0.15) is 0 Å². The second-order valence-corrected chi connectivity index (χ2v) is 10.9. The molecule has 1 N–H and O–H groups in total. The first-order valence-electron chi connectivity index (χ1n) is 12.7. The number of hydrogen-bond acceptors (Lipinski definition) is 4. The Balaban J connectivity index is 1.22. The second kappa shape index (κ2) is 7.85. The minimum absolute atomic E-state index is 0.0930. The molecule has 170 valence electrons. The number of hydrogen-bond donors (Lipinski definition) is 1. The van der Waals surface area contributed by atoms with Crippen LogP contribution in [0.4, 0.5) is 0 Å². The van der Waals surface area contributed by atoms with Gasteiger partial charge in [-0.25, -0.2) is 0 Å². The van der Waals surface area contributed by atoms with Crippen LogP contribution in [0.1, 0.15) is 81.9 Å². The van der Waals surface area contributed by atoms with Crippen LogP contribution in [0.25, 0.3) is 0 Å². The average Bonchev–Trinajstić information content (AvgIpc) is 3.31. The van der Waals surface area contributed by atoms with Crippen molar-refractivity contribution in [3.63, 3.8) is 0 Å². The molecule has 1 saturated carbocycles. The molecular formula is C28H36N2O2. The standard InChI is InChI=1S/C28H36N2O2/c1-26(22-12-18-31-23-9-3-2-8-21(22)23)24(30-26)11-15-27(25-10-4-7-17-29-25)16-19-32-28(20-27)13-5-6-14-28/h2-4,7-10,17,22,24,30H,5-6,11-16,18-20H2,1H3/t22?,24?,26-,27-/m1/s1. The summed E-state index contributed by atoms with van der Waals surface area (Å²) in [6, 6.07) is 15.7. The quantitative estimate of drug-likeness (QED) is 0.632. The highest BCUT2D eigenvalue weighted by Gasteiger charge is 2.57. The van der Waals surface area contributed by atoms with E-state index < -0.39 is 0 Å². The Kier molecular flexibility index (Phi) is 5.07. The van der Waals surface area contributed by atoms with Crippen molar-refractivity contribution in [3.05, 3.63) is 59.9 Å². The summed E-state index contributed by atoms with van der Waals surface area (Å²) < 4.78 is 12.4. The van der Waals surface area contributed by atoms with Gasteiger partial charge in [-0.05, 0) is 75.6 Å². The van der Waals surface area contributed by atoms with Crippen LogP contribution in [-0.2, 0) is 10.2 Å². The Bertz CT molecular complexity index is 957. The zero-order valence-corrected chi connectivity index (χ0v) is 19.3. The number of rotatable bonds is 5. The van der Waals surface area contributed by atoms with Gasteiger partial charge in [0.2, 0.25) is 0 Å². The number of benzene rings is 1. The molecule has 3 fully saturated rings. The van der Waals surface area contributed by atoms with Gasteiger partial charge >= 0.3 is 0 Å². The number of aromatic nitrogens is 1. The van der Waals surface area contributed by atoms with Crippen LogP contribution in [-0.4, -0.2) is 35.4 Å². The van der Waals surface area contributed by atoms with Crippen molar-refractivity contribution in [2.45, 2.75) is 93.2 Å². The fraction of sp³-hybridized carbons (Fsp3) is 0.607. The van der Waals surface area contributed by atoms with Gasteiger partial charge < -0.3 is 14.8 Å². The summed E-state index contributed by atoms with van der Waals surface area (Å²) in [6.45, 7) is 4.13. The molecule has 4 nitrogen and oxygen atoms in total. The topological polar surface area (TPSA) is 53.3 Å². The van der Waals surface area contributed by atoms with Gasteiger partial charge in [0.15, 0.2) is 0 Å². The molecule has 32 heavy (non-hydrogen) atoms. The van der Waals surface area contributed by atoms with E-state index in [1.165, 1.54) is 49.8 Å². The molecule has 0 bridgehead atoms. The fourth-order valence-electron chi connectivity index (χ4n) is 7.23. The summed E-state index contributed by atoms with van der Waals surface area (Å²) in [7, 11) is 0. The van der Waals surface area contributed by atoms with E-state index in [4.69, 9.17) is 14.5 Å². The van der Waals surface area contributed by atoms with Crippen molar-refractivity contribution in [3.8, 4) is 5.75 Å². The Morgan fingerprint density at radius 2 is 1.88 bits per heavy atom.